The fourth-order valence-corrected chi connectivity index (χ4v) is 2.81. The van der Waals surface area contributed by atoms with Crippen LogP contribution in [-0.2, 0) is 0 Å². The zero-order chi connectivity index (χ0) is 11.8. The lowest BCUT2D eigenvalue weighted by atomic mass is 10.1. The third-order valence-electron chi connectivity index (χ3n) is 3.53. The molecule has 1 atom stereocenters. The van der Waals surface area contributed by atoms with Gasteiger partial charge in [-0.05, 0) is 31.4 Å². The van der Waals surface area contributed by atoms with Crippen molar-refractivity contribution < 1.29 is 0 Å². The Kier molecular flexibility index (Phi) is 7.45. The summed E-state index contributed by atoms with van der Waals surface area (Å²) in [5.74, 6) is 1.27. The molecule has 1 fully saturated rings. The second-order valence-corrected chi connectivity index (χ2v) is 5.48. The SMILES string of the molecule is CCN1CCN(C(CN)CCCSC)CC1. The highest BCUT2D eigenvalue weighted by molar-refractivity contribution is 7.98. The Bertz CT molecular complexity index is 167. The van der Waals surface area contributed by atoms with Crippen LogP contribution in [0.1, 0.15) is 19.8 Å². The number of hydrogen-bond acceptors (Lipinski definition) is 4. The predicted molar refractivity (Wildman–Crippen MR) is 74.1 cm³/mol. The van der Waals surface area contributed by atoms with Gasteiger partial charge in [0.2, 0.25) is 0 Å². The van der Waals surface area contributed by atoms with E-state index in [0.717, 1.165) is 6.54 Å². The van der Waals surface area contributed by atoms with E-state index in [4.69, 9.17) is 5.73 Å². The molecule has 0 amide bonds. The number of hydrogen-bond donors (Lipinski definition) is 1. The van der Waals surface area contributed by atoms with Gasteiger partial charge in [0, 0.05) is 38.8 Å². The molecule has 1 saturated heterocycles. The highest BCUT2D eigenvalue weighted by Crippen LogP contribution is 2.11. The van der Waals surface area contributed by atoms with Gasteiger partial charge >= 0.3 is 0 Å². The van der Waals surface area contributed by atoms with E-state index >= 15 is 0 Å². The Balaban J connectivity index is 2.25. The number of rotatable bonds is 7. The minimum Gasteiger partial charge on any atom is -0.329 e. The molecule has 1 unspecified atom stereocenters. The maximum absolute atomic E-state index is 5.89. The van der Waals surface area contributed by atoms with Crippen LogP contribution in [0.5, 0.6) is 0 Å². The van der Waals surface area contributed by atoms with Gasteiger partial charge in [-0.15, -0.1) is 0 Å². The van der Waals surface area contributed by atoms with Crippen molar-refractivity contribution in [1.29, 1.82) is 0 Å². The first-order valence-electron chi connectivity index (χ1n) is 6.47. The summed E-state index contributed by atoms with van der Waals surface area (Å²) >= 11 is 1.94. The number of nitrogens with zero attached hydrogens (tertiary/aromatic N) is 2. The molecule has 0 aromatic carbocycles. The van der Waals surface area contributed by atoms with Crippen LogP contribution in [0.4, 0.5) is 0 Å². The smallest absolute Gasteiger partial charge is 0.0219 e. The van der Waals surface area contributed by atoms with Crippen molar-refractivity contribution >= 4 is 11.8 Å². The van der Waals surface area contributed by atoms with Crippen molar-refractivity contribution in [3.05, 3.63) is 0 Å². The molecule has 1 rings (SSSR count). The Morgan fingerprint density at radius 1 is 1.25 bits per heavy atom. The van der Waals surface area contributed by atoms with Crippen molar-refractivity contribution in [2.45, 2.75) is 25.8 Å². The van der Waals surface area contributed by atoms with Crippen LogP contribution in [0.25, 0.3) is 0 Å². The summed E-state index contributed by atoms with van der Waals surface area (Å²) in [6.45, 7) is 9.09. The first-order valence-corrected chi connectivity index (χ1v) is 7.86. The normalized spacial score (nSPS) is 21.2. The highest BCUT2D eigenvalue weighted by atomic mass is 32.2. The van der Waals surface area contributed by atoms with Gasteiger partial charge in [0.05, 0.1) is 0 Å². The molecule has 0 radical (unpaired) electrons. The second kappa shape index (κ2) is 8.34. The predicted octanol–water partition coefficient (Wildman–Crippen LogP) is 1.09. The summed E-state index contributed by atoms with van der Waals surface area (Å²) in [6.07, 6.45) is 4.75. The fourth-order valence-electron chi connectivity index (χ4n) is 2.36. The van der Waals surface area contributed by atoms with Crippen molar-refractivity contribution in [2.75, 3.05) is 51.3 Å². The van der Waals surface area contributed by atoms with Crippen molar-refractivity contribution in [1.82, 2.24) is 9.80 Å². The van der Waals surface area contributed by atoms with E-state index in [-0.39, 0.29) is 0 Å². The van der Waals surface area contributed by atoms with Crippen LogP contribution < -0.4 is 5.73 Å². The van der Waals surface area contributed by atoms with Gasteiger partial charge < -0.3 is 10.6 Å². The molecule has 0 saturated carbocycles. The molecule has 0 bridgehead atoms. The molecule has 0 aliphatic carbocycles. The van der Waals surface area contributed by atoms with Crippen molar-refractivity contribution in [3.63, 3.8) is 0 Å². The lowest BCUT2D eigenvalue weighted by Crippen LogP contribution is -2.52. The largest absolute Gasteiger partial charge is 0.329 e. The molecule has 3 nitrogen and oxygen atoms in total. The third kappa shape index (κ3) is 4.62. The zero-order valence-electron chi connectivity index (χ0n) is 10.8. The lowest BCUT2D eigenvalue weighted by molar-refractivity contribution is 0.0980. The molecule has 0 aromatic rings. The van der Waals surface area contributed by atoms with E-state index in [1.54, 1.807) is 0 Å². The first kappa shape index (κ1) is 14.3. The molecule has 1 aliphatic heterocycles. The van der Waals surface area contributed by atoms with E-state index in [1.807, 2.05) is 11.8 Å². The Labute approximate surface area is 105 Å². The van der Waals surface area contributed by atoms with Gasteiger partial charge in [-0.3, -0.25) is 4.90 Å². The Morgan fingerprint density at radius 2 is 1.94 bits per heavy atom. The summed E-state index contributed by atoms with van der Waals surface area (Å²) in [6, 6.07) is 0.617. The Morgan fingerprint density at radius 3 is 2.44 bits per heavy atom. The zero-order valence-corrected chi connectivity index (χ0v) is 11.6. The quantitative estimate of drug-likeness (QED) is 0.681. The topological polar surface area (TPSA) is 32.5 Å². The van der Waals surface area contributed by atoms with Gasteiger partial charge in [-0.25, -0.2) is 0 Å². The highest BCUT2D eigenvalue weighted by Gasteiger charge is 2.21. The van der Waals surface area contributed by atoms with Gasteiger partial charge in [-0.2, -0.15) is 11.8 Å². The van der Waals surface area contributed by atoms with Crippen LogP contribution in [0, 0.1) is 0 Å². The molecule has 2 N–H and O–H groups in total. The second-order valence-electron chi connectivity index (χ2n) is 4.49. The average molecular weight is 245 g/mol. The fraction of sp³-hybridized carbons (Fsp3) is 1.00. The summed E-state index contributed by atoms with van der Waals surface area (Å²) in [5, 5.41) is 0. The summed E-state index contributed by atoms with van der Waals surface area (Å²) < 4.78 is 0. The van der Waals surface area contributed by atoms with Crippen LogP contribution in [0.15, 0.2) is 0 Å². The average Bonchev–Trinajstić information content (AvgIpc) is 2.35. The van der Waals surface area contributed by atoms with Crippen LogP contribution in [0.2, 0.25) is 0 Å². The summed E-state index contributed by atoms with van der Waals surface area (Å²) in [4.78, 5) is 5.11. The minimum absolute atomic E-state index is 0.617. The molecule has 0 spiro atoms. The molecular weight excluding hydrogens is 218 g/mol. The molecule has 1 aliphatic rings. The van der Waals surface area contributed by atoms with Crippen LogP contribution in [-0.4, -0.2) is 67.1 Å². The molecular formula is C12H27N3S. The van der Waals surface area contributed by atoms with Crippen LogP contribution in [0.3, 0.4) is 0 Å². The van der Waals surface area contributed by atoms with Gasteiger partial charge in [0.1, 0.15) is 0 Å². The first-order chi connectivity index (χ1) is 7.81. The van der Waals surface area contributed by atoms with E-state index in [1.165, 1.54) is 51.3 Å². The lowest BCUT2D eigenvalue weighted by Gasteiger charge is -2.38. The molecule has 0 aromatic heterocycles. The summed E-state index contributed by atoms with van der Waals surface area (Å²) in [5.41, 5.74) is 5.89. The van der Waals surface area contributed by atoms with Crippen molar-refractivity contribution in [3.8, 4) is 0 Å². The van der Waals surface area contributed by atoms with Gasteiger partial charge in [0.15, 0.2) is 0 Å². The number of nitrogens with two attached hydrogens (primary N) is 1. The number of piperazine rings is 1. The maximum atomic E-state index is 5.89. The molecule has 4 heteroatoms. The third-order valence-corrected chi connectivity index (χ3v) is 4.23. The molecule has 96 valence electrons. The Hall–Kier alpha value is 0.230. The van der Waals surface area contributed by atoms with E-state index in [9.17, 15) is 0 Å². The van der Waals surface area contributed by atoms with Crippen molar-refractivity contribution in [2.24, 2.45) is 5.73 Å². The number of thioether (sulfide) groups is 1. The van der Waals surface area contributed by atoms with Gasteiger partial charge in [-0.1, -0.05) is 6.92 Å². The monoisotopic (exact) mass is 245 g/mol. The van der Waals surface area contributed by atoms with E-state index in [2.05, 4.69) is 23.0 Å². The van der Waals surface area contributed by atoms with E-state index < -0.39 is 0 Å². The molecule has 16 heavy (non-hydrogen) atoms. The standard InChI is InChI=1S/C12H27N3S/c1-3-14-6-8-15(9-7-14)12(11-13)5-4-10-16-2/h12H,3-11,13H2,1-2H3. The molecule has 1 heterocycles. The van der Waals surface area contributed by atoms with Crippen LogP contribution >= 0.6 is 11.8 Å². The number of likely N-dealkylation sites (N-methyl/N-ethyl adjacent to an activating group) is 1. The van der Waals surface area contributed by atoms with E-state index in [0.29, 0.717) is 6.04 Å². The summed E-state index contributed by atoms with van der Waals surface area (Å²) in [7, 11) is 0. The maximum Gasteiger partial charge on any atom is 0.0219 e. The minimum atomic E-state index is 0.617. The van der Waals surface area contributed by atoms with Gasteiger partial charge in [0.25, 0.3) is 0 Å².